The lowest BCUT2D eigenvalue weighted by Gasteiger charge is -2.13. The van der Waals surface area contributed by atoms with Gasteiger partial charge >= 0.3 is 11.9 Å². The summed E-state index contributed by atoms with van der Waals surface area (Å²) < 4.78 is 191. The van der Waals surface area contributed by atoms with Gasteiger partial charge in [0.1, 0.15) is 59.2 Å². The molecule has 0 aliphatic heterocycles. The first-order valence-electron chi connectivity index (χ1n) is 27.9. The summed E-state index contributed by atoms with van der Waals surface area (Å²) in [7, 11) is 2.65. The number of aromatic nitrogens is 12. The number of esters is 2. The number of halogens is 10. The highest BCUT2D eigenvalue weighted by atomic mass is 19.2. The van der Waals surface area contributed by atoms with Gasteiger partial charge in [-0.25, -0.2) is 82.8 Å². The van der Waals surface area contributed by atoms with E-state index in [2.05, 4.69) is 40.6 Å². The van der Waals surface area contributed by atoms with Gasteiger partial charge < -0.3 is 32.8 Å². The molecule has 0 aliphatic carbocycles. The van der Waals surface area contributed by atoms with Gasteiger partial charge in [0, 0.05) is 97.8 Å². The molecule has 0 spiro atoms. The monoisotopic (exact) mass is 1280 g/mol. The van der Waals surface area contributed by atoms with E-state index < -0.39 is 127 Å². The van der Waals surface area contributed by atoms with Crippen molar-refractivity contribution in [1.29, 1.82) is 0 Å². The number of carbonyl (C=O) groups excluding carboxylic acids is 2. The van der Waals surface area contributed by atoms with Crippen LogP contribution in [0.2, 0.25) is 0 Å². The Hall–Kier alpha value is -11.2. The average Bonchev–Trinajstić information content (AvgIpc) is 1.68. The predicted octanol–water partition coefficient (Wildman–Crippen LogP) is 11.7. The van der Waals surface area contributed by atoms with Crippen LogP contribution in [0.15, 0.2) is 134 Å². The van der Waals surface area contributed by atoms with Gasteiger partial charge in [0.2, 0.25) is 11.8 Å². The first kappa shape index (κ1) is 62.0. The Balaban J connectivity index is 0.755. The minimum Gasteiger partial charge on any atom is -0.473 e. The summed E-state index contributed by atoms with van der Waals surface area (Å²) in [6, 6.07) is 21.4. The van der Waals surface area contributed by atoms with Gasteiger partial charge in [0.05, 0.1) is 82.9 Å². The number of nitrogens with zero attached hydrogens (tertiary/aromatic N) is 12. The molecule has 19 nitrogen and oxygen atoms in total. The second kappa shape index (κ2) is 26.3. The van der Waals surface area contributed by atoms with Crippen molar-refractivity contribution in [2.75, 3.05) is 27.4 Å². The smallest absolute Gasteiger partial charge is 0.346 e. The number of fused-ring (bicyclic) bond motifs is 2. The maximum absolute atomic E-state index is 16.1. The standard InChI is InChI=1S/C64H44F10N12O7/c1-89-19-17-83-51-23-35(21-47(69)61(51)79-53(83)29-39-45(67)27-41(59(73)57(39)71)49-5-3-7-55(77-49)91-31-33-9-11-37(25-43(33)65)85-15-13-75-81-85)63(87)93-64(88)36-22-48(70)62-52(24-36)84(18-20-90-2)54(80-62)30-40-46(68)28-42(60(74)58(40)72)50-6-4-8-56(78-50)92-32-34-10-12-38(26-44(34)66)86-16-14-76-82-86/h3-16,21-28H,17-20,29-32H2,1-2H3. The number of ether oxygens (including phenoxy) is 5. The van der Waals surface area contributed by atoms with Crippen LogP contribution in [0.1, 0.15) is 54.6 Å². The van der Waals surface area contributed by atoms with Crippen LogP contribution in [-0.4, -0.2) is 98.4 Å². The molecule has 0 bridgehead atoms. The molecule has 0 unspecified atom stereocenters. The highest BCUT2D eigenvalue weighted by Gasteiger charge is 2.29. The number of rotatable bonds is 22. The number of pyridine rings is 2. The molecule has 0 saturated carbocycles. The van der Waals surface area contributed by atoms with E-state index in [1.54, 1.807) is 12.1 Å². The second-order valence-electron chi connectivity index (χ2n) is 20.6. The van der Waals surface area contributed by atoms with Crippen molar-refractivity contribution in [2.24, 2.45) is 0 Å². The van der Waals surface area contributed by atoms with Crippen LogP contribution in [0.5, 0.6) is 11.8 Å². The van der Waals surface area contributed by atoms with Gasteiger partial charge in [-0.15, -0.1) is 10.2 Å². The van der Waals surface area contributed by atoms with E-state index in [1.807, 2.05) is 0 Å². The lowest BCUT2D eigenvalue weighted by molar-refractivity contribution is 0.0397. The third-order valence-electron chi connectivity index (χ3n) is 14.8. The molecule has 0 atom stereocenters. The van der Waals surface area contributed by atoms with Crippen LogP contribution >= 0.6 is 0 Å². The van der Waals surface area contributed by atoms with Crippen molar-refractivity contribution in [2.45, 2.75) is 39.1 Å². The summed E-state index contributed by atoms with van der Waals surface area (Å²) in [6.07, 6.45) is 4.35. The van der Waals surface area contributed by atoms with Gasteiger partial charge in [-0.2, -0.15) is 0 Å². The van der Waals surface area contributed by atoms with E-state index in [0.29, 0.717) is 35.6 Å². The van der Waals surface area contributed by atoms with Gasteiger partial charge in [-0.3, -0.25) is 0 Å². The van der Waals surface area contributed by atoms with Crippen LogP contribution in [-0.2, 0) is 53.4 Å². The first-order chi connectivity index (χ1) is 44.9. The van der Waals surface area contributed by atoms with E-state index in [1.165, 1.54) is 118 Å². The quantitative estimate of drug-likeness (QED) is 0.0268. The zero-order chi connectivity index (χ0) is 65.2. The van der Waals surface area contributed by atoms with E-state index in [0.717, 1.165) is 12.1 Å². The van der Waals surface area contributed by atoms with Crippen LogP contribution < -0.4 is 9.47 Å². The lowest BCUT2D eigenvalue weighted by Crippen LogP contribution is -2.15. The van der Waals surface area contributed by atoms with E-state index in [4.69, 9.17) is 23.7 Å². The molecule has 0 amide bonds. The highest BCUT2D eigenvalue weighted by Crippen LogP contribution is 2.35. The number of methoxy groups -OCH3 is 2. The fourth-order valence-electron chi connectivity index (χ4n) is 10.2. The molecule has 0 radical (unpaired) electrons. The van der Waals surface area contributed by atoms with Crippen molar-refractivity contribution >= 4 is 34.0 Å². The predicted molar refractivity (Wildman–Crippen MR) is 309 cm³/mol. The number of benzene rings is 6. The van der Waals surface area contributed by atoms with Crippen LogP contribution in [0.4, 0.5) is 43.9 Å². The maximum Gasteiger partial charge on any atom is 0.346 e. The minimum atomic E-state index is -1.64. The number of hydrogen-bond donors (Lipinski definition) is 0. The molecule has 0 aliphatic rings. The topological polar surface area (TPSA) is 203 Å². The minimum absolute atomic E-state index is 0.0969. The molecule has 93 heavy (non-hydrogen) atoms. The summed E-state index contributed by atoms with van der Waals surface area (Å²) in [6.45, 7) is -1.16. The molecule has 0 fully saturated rings. The summed E-state index contributed by atoms with van der Waals surface area (Å²) in [5.74, 6) is -16.0. The van der Waals surface area contributed by atoms with Crippen molar-refractivity contribution in [3.8, 4) is 45.6 Å². The highest BCUT2D eigenvalue weighted by molar-refractivity contribution is 6.05. The Morgan fingerprint density at radius 2 is 0.892 bits per heavy atom. The third-order valence-corrected chi connectivity index (χ3v) is 14.8. The van der Waals surface area contributed by atoms with E-state index in [-0.39, 0.29) is 96.5 Å². The maximum atomic E-state index is 16.1. The third kappa shape index (κ3) is 12.7. The fraction of sp³-hybridized carbons (Fsp3) is 0.156. The fourth-order valence-corrected chi connectivity index (χ4v) is 10.2. The summed E-state index contributed by atoms with van der Waals surface area (Å²) >= 11 is 0. The normalized spacial score (nSPS) is 11.5. The Bertz CT molecular complexity index is 4560. The van der Waals surface area contributed by atoms with Crippen LogP contribution in [0, 0.1) is 58.2 Å². The van der Waals surface area contributed by atoms with Gasteiger partial charge in [-0.05, 0) is 60.7 Å². The summed E-state index contributed by atoms with van der Waals surface area (Å²) in [4.78, 5) is 44.3. The number of imidazole rings is 2. The van der Waals surface area contributed by atoms with Gasteiger partial charge in [0.15, 0.2) is 34.9 Å². The number of carbonyl (C=O) groups is 2. The zero-order valence-electron chi connectivity index (χ0n) is 48.4. The second-order valence-corrected chi connectivity index (χ2v) is 20.6. The Labute approximate surface area is 518 Å². The summed E-state index contributed by atoms with van der Waals surface area (Å²) in [5, 5.41) is 15.0. The molecule has 12 rings (SSSR count). The molecule has 6 aromatic heterocycles. The largest absolute Gasteiger partial charge is 0.473 e. The number of hydrogen-bond acceptors (Lipinski definition) is 15. The first-order valence-corrected chi connectivity index (χ1v) is 27.9. The molecule has 12 aromatic rings. The van der Waals surface area contributed by atoms with Crippen molar-refractivity contribution in [3.05, 3.63) is 237 Å². The van der Waals surface area contributed by atoms with Crippen LogP contribution in [0.25, 0.3) is 56.0 Å². The molecule has 472 valence electrons. The molecule has 0 N–H and O–H groups in total. The van der Waals surface area contributed by atoms with Crippen molar-refractivity contribution in [3.63, 3.8) is 0 Å². The molecular formula is C64H44F10N12O7. The van der Waals surface area contributed by atoms with Crippen molar-refractivity contribution < 1.29 is 77.2 Å². The molecule has 6 aromatic carbocycles. The van der Waals surface area contributed by atoms with E-state index in [9.17, 15) is 18.4 Å². The molecular weight excluding hydrogens is 1240 g/mol. The Morgan fingerprint density at radius 1 is 0.462 bits per heavy atom. The van der Waals surface area contributed by atoms with E-state index >= 15 is 35.1 Å². The molecule has 0 saturated heterocycles. The average molecular weight is 1280 g/mol. The summed E-state index contributed by atoms with van der Waals surface area (Å²) in [5.41, 5.74) is -4.55. The Morgan fingerprint density at radius 3 is 1.28 bits per heavy atom. The SMILES string of the molecule is COCCn1c(Cc2c(F)cc(-c3cccc(OCc4ccc(-n5ccnn5)cc4F)n3)c(F)c2F)nc2c(F)cc(C(=O)OC(=O)c3cc(F)c4nc(Cc5c(F)cc(-c6cccc(OCc7ccc(-n8ccnn8)cc7F)n6)c(F)c5F)n(CCOC)c4c3)cc21. The lowest BCUT2D eigenvalue weighted by atomic mass is 10.0. The van der Waals surface area contributed by atoms with Crippen molar-refractivity contribution in [1.82, 2.24) is 59.1 Å². The van der Waals surface area contributed by atoms with Crippen LogP contribution in [0.3, 0.4) is 0 Å². The van der Waals surface area contributed by atoms with Gasteiger partial charge in [0.25, 0.3) is 0 Å². The molecule has 29 heteroatoms. The zero-order valence-corrected chi connectivity index (χ0v) is 48.4. The molecule has 6 heterocycles. The Kier molecular flexibility index (Phi) is 17.6. The van der Waals surface area contributed by atoms with Gasteiger partial charge in [-0.1, -0.05) is 34.7 Å².